The van der Waals surface area contributed by atoms with E-state index in [4.69, 9.17) is 21.7 Å². The summed E-state index contributed by atoms with van der Waals surface area (Å²) in [6, 6.07) is 12.1. The average molecular weight is 482 g/mol. The van der Waals surface area contributed by atoms with Crippen molar-refractivity contribution in [2.75, 3.05) is 27.3 Å². The van der Waals surface area contributed by atoms with Gasteiger partial charge in [-0.1, -0.05) is 25.5 Å². The van der Waals surface area contributed by atoms with Crippen LogP contribution in [0.5, 0.6) is 11.5 Å². The van der Waals surface area contributed by atoms with Crippen molar-refractivity contribution in [3.8, 4) is 11.5 Å². The van der Waals surface area contributed by atoms with Gasteiger partial charge in [-0.2, -0.15) is 0 Å². The molecule has 1 aromatic heterocycles. The Morgan fingerprint density at radius 2 is 1.85 bits per heavy atom. The highest BCUT2D eigenvalue weighted by molar-refractivity contribution is 7.80. The molecule has 0 amide bonds. The molecule has 0 saturated heterocycles. The van der Waals surface area contributed by atoms with Gasteiger partial charge in [0, 0.05) is 29.6 Å². The lowest BCUT2D eigenvalue weighted by molar-refractivity contribution is 0.354. The summed E-state index contributed by atoms with van der Waals surface area (Å²) in [6.07, 6.45) is 2.88. The Morgan fingerprint density at radius 1 is 1.09 bits per heavy atom. The third-order valence-electron chi connectivity index (χ3n) is 5.96. The fraction of sp³-hybridized carbons (Fsp3) is 0.407. The number of aromatic nitrogens is 1. The Balaban J connectivity index is 1.85. The molecule has 6 nitrogen and oxygen atoms in total. The summed E-state index contributed by atoms with van der Waals surface area (Å²) in [5.41, 5.74) is 4.88. The van der Waals surface area contributed by atoms with Crippen LogP contribution in [0.4, 0.5) is 0 Å². The molecule has 3 rings (SSSR count). The van der Waals surface area contributed by atoms with Crippen LogP contribution < -0.4 is 20.3 Å². The number of benzene rings is 2. The van der Waals surface area contributed by atoms with Crippen molar-refractivity contribution in [2.45, 2.75) is 46.6 Å². The van der Waals surface area contributed by atoms with Crippen LogP contribution in [0.2, 0.25) is 0 Å². The number of hydrogen-bond donors (Lipinski definition) is 2. The summed E-state index contributed by atoms with van der Waals surface area (Å²) in [4.78, 5) is 18.1. The van der Waals surface area contributed by atoms with Gasteiger partial charge in [-0.05, 0) is 79.9 Å². The minimum absolute atomic E-state index is 0.0787. The molecule has 3 aromatic rings. The number of fused-ring (bicyclic) bond motifs is 1. The average Bonchev–Trinajstić information content (AvgIpc) is 2.81. The summed E-state index contributed by atoms with van der Waals surface area (Å²) in [7, 11) is 3.26. The van der Waals surface area contributed by atoms with Crippen molar-refractivity contribution < 1.29 is 9.47 Å². The topological polar surface area (TPSA) is 66.6 Å². The Bertz CT molecular complexity index is 1210. The first-order valence-corrected chi connectivity index (χ1v) is 12.1. The molecule has 0 spiro atoms. The summed E-state index contributed by atoms with van der Waals surface area (Å²) in [6.45, 7) is 8.17. The SMILES string of the molecule is CCCCNC(=S)N(CCc1ccc(OC)c(OC)c1)Cc1cc2c(C)cc(C)cc2[nH]c1=O. The van der Waals surface area contributed by atoms with Crippen LogP contribution in [0.25, 0.3) is 10.9 Å². The van der Waals surface area contributed by atoms with Crippen LogP contribution in [0.15, 0.2) is 41.2 Å². The van der Waals surface area contributed by atoms with Gasteiger partial charge >= 0.3 is 0 Å². The smallest absolute Gasteiger partial charge is 0.253 e. The minimum Gasteiger partial charge on any atom is -0.493 e. The molecule has 0 aliphatic carbocycles. The fourth-order valence-electron chi connectivity index (χ4n) is 4.08. The summed E-state index contributed by atoms with van der Waals surface area (Å²) in [5, 5.41) is 5.08. The largest absolute Gasteiger partial charge is 0.493 e. The Morgan fingerprint density at radius 3 is 2.56 bits per heavy atom. The van der Waals surface area contributed by atoms with Crippen LogP contribution in [0, 0.1) is 13.8 Å². The van der Waals surface area contributed by atoms with Gasteiger partial charge in [-0.15, -0.1) is 0 Å². The van der Waals surface area contributed by atoms with Crippen LogP contribution in [0.1, 0.15) is 42.0 Å². The number of unbranched alkanes of at least 4 members (excludes halogenated alkanes) is 1. The summed E-state index contributed by atoms with van der Waals surface area (Å²) in [5.74, 6) is 1.40. The van der Waals surface area contributed by atoms with E-state index in [9.17, 15) is 4.79 Å². The second kappa shape index (κ2) is 11.9. The molecule has 0 bridgehead atoms. The number of aryl methyl sites for hydroxylation is 2. The van der Waals surface area contributed by atoms with Gasteiger partial charge in [0.25, 0.3) is 5.56 Å². The molecule has 0 unspecified atom stereocenters. The Hall–Kier alpha value is -3.06. The first-order chi connectivity index (χ1) is 16.4. The molecule has 0 fully saturated rings. The van der Waals surface area contributed by atoms with Gasteiger partial charge in [0.1, 0.15) is 0 Å². The van der Waals surface area contributed by atoms with E-state index in [0.717, 1.165) is 53.4 Å². The first kappa shape index (κ1) is 25.6. The number of ether oxygens (including phenoxy) is 2. The predicted molar refractivity (Wildman–Crippen MR) is 143 cm³/mol. The molecule has 0 atom stereocenters. The lowest BCUT2D eigenvalue weighted by Gasteiger charge is -2.26. The summed E-state index contributed by atoms with van der Waals surface area (Å²) >= 11 is 5.73. The number of nitrogens with zero attached hydrogens (tertiary/aromatic N) is 1. The van der Waals surface area contributed by atoms with Gasteiger partial charge in [0.05, 0.1) is 20.8 Å². The van der Waals surface area contributed by atoms with E-state index >= 15 is 0 Å². The van der Waals surface area contributed by atoms with Crippen molar-refractivity contribution in [1.82, 2.24) is 15.2 Å². The molecule has 0 saturated carbocycles. The Kier molecular flexibility index (Phi) is 8.93. The van der Waals surface area contributed by atoms with Crippen LogP contribution in [0.3, 0.4) is 0 Å². The maximum atomic E-state index is 12.9. The van der Waals surface area contributed by atoms with E-state index in [-0.39, 0.29) is 5.56 Å². The molecular formula is C27H35N3O3S. The third kappa shape index (κ3) is 6.29. The molecule has 182 valence electrons. The number of hydrogen-bond acceptors (Lipinski definition) is 4. The number of pyridine rings is 1. The van der Waals surface area contributed by atoms with Crippen molar-refractivity contribution >= 4 is 28.2 Å². The zero-order valence-electron chi connectivity index (χ0n) is 20.8. The van der Waals surface area contributed by atoms with Crippen molar-refractivity contribution in [1.29, 1.82) is 0 Å². The molecule has 1 heterocycles. The highest BCUT2D eigenvalue weighted by Gasteiger charge is 2.15. The quantitative estimate of drug-likeness (QED) is 0.318. The Labute approximate surface area is 207 Å². The standard InChI is InChI=1S/C27H35N3O3S/c1-6-7-11-28-27(34)30(12-10-20-8-9-24(32-4)25(15-20)33-5)17-21-16-22-19(3)13-18(2)14-23(22)29-26(21)31/h8-9,13-16H,6-7,10-12,17H2,1-5H3,(H,28,34)(H,29,31). The normalized spacial score (nSPS) is 10.9. The number of methoxy groups -OCH3 is 2. The number of nitrogens with one attached hydrogen (secondary N) is 2. The van der Waals surface area contributed by atoms with E-state index in [0.29, 0.717) is 35.3 Å². The number of thiocarbonyl (C=S) groups is 1. The maximum absolute atomic E-state index is 12.9. The second-order valence-corrected chi connectivity index (χ2v) is 9.00. The fourth-order valence-corrected chi connectivity index (χ4v) is 4.33. The lowest BCUT2D eigenvalue weighted by atomic mass is 10.0. The van der Waals surface area contributed by atoms with Gasteiger partial charge in [-0.3, -0.25) is 4.79 Å². The molecule has 0 aliphatic rings. The van der Waals surface area contributed by atoms with E-state index in [1.54, 1.807) is 14.2 Å². The number of aromatic amines is 1. The maximum Gasteiger partial charge on any atom is 0.253 e. The van der Waals surface area contributed by atoms with Crippen LogP contribution in [-0.4, -0.2) is 42.3 Å². The zero-order valence-corrected chi connectivity index (χ0v) is 21.6. The summed E-state index contributed by atoms with van der Waals surface area (Å²) < 4.78 is 10.8. The van der Waals surface area contributed by atoms with Gasteiger partial charge < -0.3 is 24.7 Å². The molecule has 2 N–H and O–H groups in total. The monoisotopic (exact) mass is 481 g/mol. The zero-order chi connectivity index (χ0) is 24.7. The third-order valence-corrected chi connectivity index (χ3v) is 6.37. The number of H-pyrrole nitrogens is 1. The van der Waals surface area contributed by atoms with Gasteiger partial charge in [0.2, 0.25) is 0 Å². The molecular weight excluding hydrogens is 446 g/mol. The van der Waals surface area contributed by atoms with E-state index < -0.39 is 0 Å². The van der Waals surface area contributed by atoms with Gasteiger partial charge in [-0.25, -0.2) is 0 Å². The van der Waals surface area contributed by atoms with E-state index in [1.807, 2.05) is 37.3 Å². The second-order valence-electron chi connectivity index (χ2n) is 8.61. The molecule has 34 heavy (non-hydrogen) atoms. The minimum atomic E-state index is -0.0787. The molecule has 2 aromatic carbocycles. The molecule has 0 radical (unpaired) electrons. The lowest BCUT2D eigenvalue weighted by Crippen LogP contribution is -2.41. The van der Waals surface area contributed by atoms with Crippen molar-refractivity contribution in [2.24, 2.45) is 0 Å². The highest BCUT2D eigenvalue weighted by Crippen LogP contribution is 2.28. The molecule has 7 heteroatoms. The van der Waals surface area contributed by atoms with E-state index in [2.05, 4.69) is 35.1 Å². The van der Waals surface area contributed by atoms with Crippen LogP contribution in [-0.2, 0) is 13.0 Å². The predicted octanol–water partition coefficient (Wildman–Crippen LogP) is 4.88. The van der Waals surface area contributed by atoms with Crippen molar-refractivity contribution in [3.05, 3.63) is 69.0 Å². The number of rotatable bonds is 10. The van der Waals surface area contributed by atoms with Crippen LogP contribution >= 0.6 is 12.2 Å². The van der Waals surface area contributed by atoms with Crippen molar-refractivity contribution in [3.63, 3.8) is 0 Å². The van der Waals surface area contributed by atoms with E-state index in [1.165, 1.54) is 0 Å². The van der Waals surface area contributed by atoms with Gasteiger partial charge in [0.15, 0.2) is 16.6 Å². The first-order valence-electron chi connectivity index (χ1n) is 11.7. The molecule has 0 aliphatic heterocycles. The highest BCUT2D eigenvalue weighted by atomic mass is 32.1.